The van der Waals surface area contributed by atoms with Gasteiger partial charge in [-0.05, 0) is 49.9 Å². The zero-order chi connectivity index (χ0) is 18.7. The first kappa shape index (κ1) is 18.8. The van der Waals surface area contributed by atoms with Gasteiger partial charge in [-0.1, -0.05) is 48.0 Å². The van der Waals surface area contributed by atoms with Crippen LogP contribution in [0, 0.1) is 12.7 Å². The van der Waals surface area contributed by atoms with Crippen molar-refractivity contribution in [2.24, 2.45) is 0 Å². The van der Waals surface area contributed by atoms with E-state index in [1.807, 2.05) is 4.90 Å². The van der Waals surface area contributed by atoms with Gasteiger partial charge in [0.2, 0.25) is 6.41 Å². The van der Waals surface area contributed by atoms with E-state index in [1.54, 1.807) is 18.2 Å². The van der Waals surface area contributed by atoms with Crippen LogP contribution < -0.4 is 0 Å². The van der Waals surface area contributed by atoms with Crippen molar-refractivity contribution in [2.75, 3.05) is 6.54 Å². The summed E-state index contributed by atoms with van der Waals surface area (Å²) in [7, 11) is 0. The molecule has 1 aliphatic heterocycles. The second-order valence-corrected chi connectivity index (χ2v) is 7.01. The van der Waals surface area contributed by atoms with Crippen molar-refractivity contribution in [1.29, 1.82) is 0 Å². The van der Waals surface area contributed by atoms with E-state index in [2.05, 4.69) is 44.7 Å². The van der Waals surface area contributed by atoms with Crippen LogP contribution in [0.25, 0.3) is 0 Å². The molecular formula is C22H26FNO2. The van der Waals surface area contributed by atoms with Gasteiger partial charge in [0.15, 0.2) is 0 Å². The van der Waals surface area contributed by atoms with Crippen LogP contribution in [-0.2, 0) is 10.3 Å². The molecule has 1 N–H and O–H groups in total. The molecule has 1 fully saturated rings. The third kappa shape index (κ3) is 3.73. The van der Waals surface area contributed by atoms with Crippen molar-refractivity contribution in [3.8, 4) is 0 Å². The molecule has 3 rings (SSSR count). The van der Waals surface area contributed by atoms with E-state index < -0.39 is 12.0 Å². The minimum atomic E-state index is -1.04. The fourth-order valence-corrected chi connectivity index (χ4v) is 3.64. The summed E-state index contributed by atoms with van der Waals surface area (Å²) in [5.74, 6) is -0.284. The summed E-state index contributed by atoms with van der Waals surface area (Å²) in [5, 5.41) is 10.7. The molecule has 3 atom stereocenters. The highest BCUT2D eigenvalue weighted by Gasteiger charge is 2.42. The van der Waals surface area contributed by atoms with Crippen LogP contribution in [0.15, 0.2) is 61.2 Å². The number of benzene rings is 2. The predicted molar refractivity (Wildman–Crippen MR) is 101 cm³/mol. The summed E-state index contributed by atoms with van der Waals surface area (Å²) in [5.41, 5.74) is 2.52. The Morgan fingerprint density at radius 1 is 1.27 bits per heavy atom. The molecule has 0 spiro atoms. The maximum absolute atomic E-state index is 13.3. The average Bonchev–Trinajstić information content (AvgIpc) is 2.63. The molecule has 3 nitrogen and oxygen atoms in total. The second kappa shape index (κ2) is 7.70. The lowest BCUT2D eigenvalue weighted by Crippen LogP contribution is -2.51. The Labute approximate surface area is 154 Å². The lowest BCUT2D eigenvalue weighted by atomic mass is 9.85. The Morgan fingerprint density at radius 3 is 2.50 bits per heavy atom. The molecule has 2 aromatic rings. The van der Waals surface area contributed by atoms with Gasteiger partial charge in [0, 0.05) is 12.6 Å². The summed E-state index contributed by atoms with van der Waals surface area (Å²) in [6, 6.07) is 14.6. The normalized spacial score (nSPS) is 25.0. The summed E-state index contributed by atoms with van der Waals surface area (Å²) in [6.07, 6.45) is 2.00. The summed E-state index contributed by atoms with van der Waals surface area (Å²) >= 11 is 0. The van der Waals surface area contributed by atoms with Crippen LogP contribution in [0.2, 0.25) is 0 Å². The monoisotopic (exact) mass is 355 g/mol. The Kier molecular flexibility index (Phi) is 5.56. The van der Waals surface area contributed by atoms with Crippen LogP contribution in [0.3, 0.4) is 0 Å². The zero-order valence-corrected chi connectivity index (χ0v) is 15.4. The van der Waals surface area contributed by atoms with Gasteiger partial charge in [0.25, 0.3) is 0 Å². The third-order valence-corrected chi connectivity index (χ3v) is 5.29. The van der Waals surface area contributed by atoms with Crippen molar-refractivity contribution < 1.29 is 14.2 Å². The highest BCUT2D eigenvalue weighted by atomic mass is 19.1. The highest BCUT2D eigenvalue weighted by Crippen LogP contribution is 2.40. The third-order valence-electron chi connectivity index (χ3n) is 5.29. The quantitative estimate of drug-likeness (QED) is 0.792. The van der Waals surface area contributed by atoms with Crippen molar-refractivity contribution in [3.63, 3.8) is 0 Å². The van der Waals surface area contributed by atoms with Gasteiger partial charge in [-0.2, -0.15) is 0 Å². The topological polar surface area (TPSA) is 32.7 Å². The van der Waals surface area contributed by atoms with Gasteiger partial charge in [0.1, 0.15) is 11.4 Å². The van der Waals surface area contributed by atoms with Gasteiger partial charge in [-0.15, -0.1) is 6.58 Å². The van der Waals surface area contributed by atoms with Crippen LogP contribution in [0.4, 0.5) is 4.39 Å². The van der Waals surface area contributed by atoms with E-state index in [1.165, 1.54) is 17.7 Å². The highest BCUT2D eigenvalue weighted by molar-refractivity contribution is 5.26. The van der Waals surface area contributed by atoms with Crippen molar-refractivity contribution >= 4 is 0 Å². The van der Waals surface area contributed by atoms with Crippen LogP contribution in [0.1, 0.15) is 42.5 Å². The first-order valence-corrected chi connectivity index (χ1v) is 9.00. The molecule has 0 bridgehead atoms. The Bertz CT molecular complexity index is 744. The van der Waals surface area contributed by atoms with Gasteiger partial charge in [0.05, 0.1) is 0 Å². The SMILES string of the molecule is C=CC[C@]1(c2ccc(F)cc2)CCN([C@@H](C)c2ccc(C)cc2)C(O)O1. The fourth-order valence-electron chi connectivity index (χ4n) is 3.64. The smallest absolute Gasteiger partial charge is 0.217 e. The maximum atomic E-state index is 13.3. The van der Waals surface area contributed by atoms with Crippen LogP contribution in [-0.4, -0.2) is 23.0 Å². The van der Waals surface area contributed by atoms with Crippen molar-refractivity contribution in [2.45, 2.75) is 44.7 Å². The summed E-state index contributed by atoms with van der Waals surface area (Å²) in [6.45, 7) is 8.62. The van der Waals surface area contributed by atoms with E-state index in [-0.39, 0.29) is 11.9 Å². The molecule has 0 amide bonds. The number of aryl methyl sites for hydroxylation is 1. The van der Waals surface area contributed by atoms with E-state index in [0.717, 1.165) is 11.1 Å². The molecule has 0 saturated carbocycles. The Balaban J connectivity index is 1.81. The molecular weight excluding hydrogens is 329 g/mol. The number of hydrogen-bond donors (Lipinski definition) is 1. The first-order chi connectivity index (χ1) is 12.4. The number of ether oxygens (including phenoxy) is 1. The molecule has 1 saturated heterocycles. The number of rotatable bonds is 5. The molecule has 4 heteroatoms. The van der Waals surface area contributed by atoms with Crippen molar-refractivity contribution in [3.05, 3.63) is 83.7 Å². The number of hydrogen-bond acceptors (Lipinski definition) is 3. The lowest BCUT2D eigenvalue weighted by Gasteiger charge is -2.46. The number of aliphatic hydroxyl groups excluding tert-OH is 1. The molecule has 1 heterocycles. The lowest BCUT2D eigenvalue weighted by molar-refractivity contribution is -0.295. The Hall–Kier alpha value is -2.01. The predicted octanol–water partition coefficient (Wildman–Crippen LogP) is 4.66. The maximum Gasteiger partial charge on any atom is 0.217 e. The van der Waals surface area contributed by atoms with E-state index in [9.17, 15) is 9.50 Å². The largest absolute Gasteiger partial charge is 0.356 e. The van der Waals surface area contributed by atoms with Crippen molar-refractivity contribution in [1.82, 2.24) is 4.90 Å². The fraction of sp³-hybridized carbons (Fsp3) is 0.364. The minimum Gasteiger partial charge on any atom is -0.356 e. The average molecular weight is 355 g/mol. The first-order valence-electron chi connectivity index (χ1n) is 9.00. The van der Waals surface area contributed by atoms with Gasteiger partial charge >= 0.3 is 0 Å². The molecule has 0 aromatic heterocycles. The molecule has 1 aliphatic rings. The zero-order valence-electron chi connectivity index (χ0n) is 15.4. The molecule has 26 heavy (non-hydrogen) atoms. The van der Waals surface area contributed by atoms with Gasteiger partial charge in [-0.3, -0.25) is 0 Å². The number of nitrogens with zero attached hydrogens (tertiary/aromatic N) is 1. The molecule has 0 aliphatic carbocycles. The van der Waals surface area contributed by atoms with Gasteiger partial charge in [-0.25, -0.2) is 9.29 Å². The standard InChI is InChI=1S/C22H26FNO2/c1-4-13-22(19-9-11-20(23)12-10-19)14-15-24(21(25)26-22)17(3)18-7-5-16(2)6-8-18/h4-12,17,21,25H,1,13-15H2,2-3H3/t17-,21?,22+/m0/s1. The Morgan fingerprint density at radius 2 is 1.92 bits per heavy atom. The van der Waals surface area contributed by atoms with E-state index in [0.29, 0.717) is 19.4 Å². The molecule has 1 unspecified atom stereocenters. The number of aliphatic hydroxyl groups is 1. The molecule has 138 valence electrons. The van der Waals surface area contributed by atoms with Gasteiger partial charge < -0.3 is 9.84 Å². The minimum absolute atomic E-state index is 0.0283. The van der Waals surface area contributed by atoms with Crippen LogP contribution in [0.5, 0.6) is 0 Å². The van der Waals surface area contributed by atoms with E-state index >= 15 is 0 Å². The van der Waals surface area contributed by atoms with Crippen LogP contribution >= 0.6 is 0 Å². The summed E-state index contributed by atoms with van der Waals surface area (Å²) < 4.78 is 19.4. The number of halogens is 1. The molecule has 2 aromatic carbocycles. The van der Waals surface area contributed by atoms with E-state index in [4.69, 9.17) is 4.74 Å². The summed E-state index contributed by atoms with van der Waals surface area (Å²) in [4.78, 5) is 1.94. The second-order valence-electron chi connectivity index (χ2n) is 7.01. The molecule has 0 radical (unpaired) electrons.